The van der Waals surface area contributed by atoms with Crippen molar-refractivity contribution in [2.75, 3.05) is 0 Å². The van der Waals surface area contributed by atoms with Crippen molar-refractivity contribution in [3.05, 3.63) is 29.6 Å². The van der Waals surface area contributed by atoms with E-state index in [0.717, 1.165) is 18.9 Å². The Hall–Kier alpha value is -1.09. The van der Waals surface area contributed by atoms with Gasteiger partial charge in [-0.05, 0) is 25.8 Å². The van der Waals surface area contributed by atoms with Gasteiger partial charge in [0.05, 0.1) is 0 Å². The van der Waals surface area contributed by atoms with Crippen molar-refractivity contribution in [2.24, 2.45) is 0 Å². The van der Waals surface area contributed by atoms with Crippen LogP contribution in [0.4, 0.5) is 4.39 Å². The van der Waals surface area contributed by atoms with Gasteiger partial charge in [0, 0.05) is 23.7 Å². The predicted molar refractivity (Wildman–Crippen MR) is 64.0 cm³/mol. The molecule has 0 aliphatic carbocycles. The van der Waals surface area contributed by atoms with Gasteiger partial charge in [-0.15, -0.1) is 0 Å². The third kappa shape index (κ3) is 3.20. The Labute approximate surface area is 96.5 Å². The SMILES string of the molecule is CCC(CC)NC(C)c1ccc(O)cc1F. The Morgan fingerprint density at radius 2 is 1.94 bits per heavy atom. The average Bonchev–Trinajstić information content (AvgIpc) is 2.25. The molecule has 0 aliphatic heterocycles. The van der Waals surface area contributed by atoms with Crippen LogP contribution < -0.4 is 5.32 Å². The minimum Gasteiger partial charge on any atom is -0.508 e. The standard InChI is InChI=1S/C13H20FNO/c1-4-10(5-2)15-9(3)12-7-6-11(16)8-13(12)14/h6-10,15-16H,4-5H2,1-3H3. The van der Waals surface area contributed by atoms with E-state index in [0.29, 0.717) is 11.6 Å². The van der Waals surface area contributed by atoms with Crippen molar-refractivity contribution in [3.63, 3.8) is 0 Å². The Balaban J connectivity index is 2.76. The summed E-state index contributed by atoms with van der Waals surface area (Å²) in [5, 5.41) is 12.5. The first kappa shape index (κ1) is 13.0. The zero-order chi connectivity index (χ0) is 12.1. The van der Waals surface area contributed by atoms with Gasteiger partial charge in [-0.1, -0.05) is 19.9 Å². The van der Waals surface area contributed by atoms with Gasteiger partial charge in [0.2, 0.25) is 0 Å². The number of hydrogen-bond donors (Lipinski definition) is 2. The van der Waals surface area contributed by atoms with Crippen LogP contribution in [0, 0.1) is 5.82 Å². The zero-order valence-corrected chi connectivity index (χ0v) is 10.1. The summed E-state index contributed by atoms with van der Waals surface area (Å²) in [6.45, 7) is 6.16. The number of phenols is 1. The van der Waals surface area contributed by atoms with E-state index in [-0.39, 0.29) is 17.6 Å². The molecule has 3 heteroatoms. The van der Waals surface area contributed by atoms with Crippen molar-refractivity contribution >= 4 is 0 Å². The van der Waals surface area contributed by atoms with Crippen LogP contribution in [0.15, 0.2) is 18.2 Å². The highest BCUT2D eigenvalue weighted by molar-refractivity contribution is 5.29. The molecular weight excluding hydrogens is 205 g/mol. The number of hydrogen-bond acceptors (Lipinski definition) is 2. The zero-order valence-electron chi connectivity index (χ0n) is 10.1. The molecule has 2 N–H and O–H groups in total. The van der Waals surface area contributed by atoms with E-state index >= 15 is 0 Å². The molecule has 16 heavy (non-hydrogen) atoms. The van der Waals surface area contributed by atoms with E-state index in [4.69, 9.17) is 5.11 Å². The third-order valence-electron chi connectivity index (χ3n) is 2.92. The third-order valence-corrected chi connectivity index (χ3v) is 2.92. The molecule has 0 saturated carbocycles. The minimum atomic E-state index is -0.356. The molecule has 0 aromatic heterocycles. The highest BCUT2D eigenvalue weighted by atomic mass is 19.1. The van der Waals surface area contributed by atoms with Crippen LogP contribution in [0.25, 0.3) is 0 Å². The number of benzene rings is 1. The fraction of sp³-hybridized carbons (Fsp3) is 0.538. The van der Waals surface area contributed by atoms with Crippen molar-refractivity contribution in [1.29, 1.82) is 0 Å². The first-order chi connectivity index (χ1) is 7.58. The second-order valence-electron chi connectivity index (χ2n) is 4.11. The maximum Gasteiger partial charge on any atom is 0.131 e. The van der Waals surface area contributed by atoms with Crippen LogP contribution in [0.5, 0.6) is 5.75 Å². The van der Waals surface area contributed by atoms with Crippen molar-refractivity contribution in [3.8, 4) is 5.75 Å². The van der Waals surface area contributed by atoms with Gasteiger partial charge < -0.3 is 10.4 Å². The summed E-state index contributed by atoms with van der Waals surface area (Å²) in [4.78, 5) is 0. The van der Waals surface area contributed by atoms with Gasteiger partial charge in [0.25, 0.3) is 0 Å². The monoisotopic (exact) mass is 225 g/mol. The molecule has 1 aromatic rings. The summed E-state index contributed by atoms with van der Waals surface area (Å²) >= 11 is 0. The van der Waals surface area contributed by atoms with Gasteiger partial charge in [-0.3, -0.25) is 0 Å². The Morgan fingerprint density at radius 1 is 1.31 bits per heavy atom. The Morgan fingerprint density at radius 3 is 2.44 bits per heavy atom. The lowest BCUT2D eigenvalue weighted by molar-refractivity contribution is 0.419. The van der Waals surface area contributed by atoms with Crippen LogP contribution in [0.2, 0.25) is 0 Å². The summed E-state index contributed by atoms with van der Waals surface area (Å²) in [7, 11) is 0. The number of phenolic OH excluding ortho intramolecular Hbond substituents is 1. The van der Waals surface area contributed by atoms with Crippen LogP contribution in [0.1, 0.15) is 45.2 Å². The first-order valence-corrected chi connectivity index (χ1v) is 5.82. The van der Waals surface area contributed by atoms with E-state index in [1.807, 2.05) is 6.92 Å². The maximum atomic E-state index is 13.6. The first-order valence-electron chi connectivity index (χ1n) is 5.82. The molecule has 0 heterocycles. The molecule has 0 amide bonds. The van der Waals surface area contributed by atoms with E-state index in [1.54, 1.807) is 6.07 Å². The molecule has 0 spiro atoms. The topological polar surface area (TPSA) is 32.3 Å². The summed E-state index contributed by atoms with van der Waals surface area (Å²) in [6.07, 6.45) is 2.06. The Bertz CT molecular complexity index is 337. The molecular formula is C13H20FNO. The van der Waals surface area contributed by atoms with Crippen LogP contribution in [-0.2, 0) is 0 Å². The summed E-state index contributed by atoms with van der Waals surface area (Å²) in [6, 6.07) is 4.67. The van der Waals surface area contributed by atoms with Crippen LogP contribution in [-0.4, -0.2) is 11.1 Å². The smallest absolute Gasteiger partial charge is 0.131 e. The van der Waals surface area contributed by atoms with E-state index in [1.165, 1.54) is 6.07 Å². The molecule has 0 radical (unpaired) electrons. The number of nitrogens with one attached hydrogen (secondary N) is 1. The molecule has 2 nitrogen and oxygen atoms in total. The molecule has 1 aromatic carbocycles. The molecule has 1 atom stereocenters. The second kappa shape index (κ2) is 5.85. The summed E-state index contributed by atoms with van der Waals surface area (Å²) in [5.41, 5.74) is 0.602. The molecule has 90 valence electrons. The van der Waals surface area contributed by atoms with E-state index in [2.05, 4.69) is 19.2 Å². The number of aromatic hydroxyl groups is 1. The number of halogens is 1. The molecule has 0 saturated heterocycles. The van der Waals surface area contributed by atoms with Crippen molar-refractivity contribution < 1.29 is 9.50 Å². The van der Waals surface area contributed by atoms with Crippen LogP contribution >= 0.6 is 0 Å². The molecule has 1 unspecified atom stereocenters. The van der Waals surface area contributed by atoms with Gasteiger partial charge in [-0.2, -0.15) is 0 Å². The van der Waals surface area contributed by atoms with Gasteiger partial charge in [0.1, 0.15) is 11.6 Å². The summed E-state index contributed by atoms with van der Waals surface area (Å²) in [5.74, 6) is -0.387. The highest BCUT2D eigenvalue weighted by Crippen LogP contribution is 2.21. The summed E-state index contributed by atoms with van der Waals surface area (Å²) < 4.78 is 13.6. The fourth-order valence-corrected chi connectivity index (χ4v) is 1.83. The largest absolute Gasteiger partial charge is 0.508 e. The predicted octanol–water partition coefficient (Wildman–Crippen LogP) is 3.37. The van der Waals surface area contributed by atoms with Gasteiger partial charge in [-0.25, -0.2) is 4.39 Å². The fourth-order valence-electron chi connectivity index (χ4n) is 1.83. The van der Waals surface area contributed by atoms with E-state index in [9.17, 15) is 4.39 Å². The maximum absolute atomic E-state index is 13.6. The number of rotatable bonds is 5. The highest BCUT2D eigenvalue weighted by Gasteiger charge is 2.14. The lowest BCUT2D eigenvalue weighted by Gasteiger charge is -2.21. The van der Waals surface area contributed by atoms with Gasteiger partial charge in [0.15, 0.2) is 0 Å². The molecule has 0 fully saturated rings. The Kier molecular flexibility index (Phi) is 4.74. The quantitative estimate of drug-likeness (QED) is 0.805. The van der Waals surface area contributed by atoms with Crippen LogP contribution in [0.3, 0.4) is 0 Å². The van der Waals surface area contributed by atoms with Gasteiger partial charge >= 0.3 is 0 Å². The molecule has 0 aliphatic rings. The lowest BCUT2D eigenvalue weighted by Crippen LogP contribution is -2.30. The average molecular weight is 225 g/mol. The van der Waals surface area contributed by atoms with Crippen molar-refractivity contribution in [2.45, 2.75) is 45.7 Å². The molecule has 0 bridgehead atoms. The minimum absolute atomic E-state index is 0.0315. The lowest BCUT2D eigenvalue weighted by atomic mass is 10.0. The van der Waals surface area contributed by atoms with Crippen molar-refractivity contribution in [1.82, 2.24) is 5.32 Å². The normalized spacial score (nSPS) is 13.1. The van der Waals surface area contributed by atoms with E-state index < -0.39 is 0 Å². The molecule has 1 rings (SSSR count). The second-order valence-corrected chi connectivity index (χ2v) is 4.11.